The Balaban J connectivity index is 1.29. The van der Waals surface area contributed by atoms with Gasteiger partial charge in [-0.15, -0.1) is 34.9 Å². The van der Waals surface area contributed by atoms with Crippen LogP contribution in [0.1, 0.15) is 12.6 Å². The molecule has 35 heavy (non-hydrogen) atoms. The molecule has 1 aromatic heterocycles. The smallest absolute Gasteiger partial charge is 0.307 e. The molecule has 0 fully saturated rings. The summed E-state index contributed by atoms with van der Waals surface area (Å²) in [7, 11) is 0. The van der Waals surface area contributed by atoms with Crippen LogP contribution in [0.3, 0.4) is 0 Å². The Morgan fingerprint density at radius 2 is 1.91 bits per heavy atom. The number of hydrogen-bond donors (Lipinski definition) is 2. The zero-order chi connectivity index (χ0) is 24.4. The third-order valence-electron chi connectivity index (χ3n) is 5.58. The molecule has 2 aliphatic rings. The van der Waals surface area contributed by atoms with Crippen molar-refractivity contribution in [2.75, 3.05) is 15.5 Å². The van der Waals surface area contributed by atoms with Gasteiger partial charge in [0.25, 0.3) is 0 Å². The van der Waals surface area contributed by atoms with E-state index in [1.807, 2.05) is 78.7 Å². The monoisotopic (exact) mass is 520 g/mol. The number of thioether (sulfide) groups is 2. The summed E-state index contributed by atoms with van der Waals surface area (Å²) in [5, 5.41) is 8.29. The fraction of sp³-hybridized carbons (Fsp3) is 0.192. The normalized spacial score (nSPS) is 19.0. The molecule has 1 aliphatic carbocycles. The molecule has 3 amide bonds. The summed E-state index contributed by atoms with van der Waals surface area (Å²) in [5.41, 5.74) is 2.48. The van der Waals surface area contributed by atoms with Gasteiger partial charge in [0, 0.05) is 20.9 Å². The molecular formula is C26H24N4O2S3. The molecule has 2 N–H and O–H groups in total. The minimum atomic E-state index is -0.323. The number of allylic oxidation sites excluding steroid dienone is 2. The predicted octanol–water partition coefficient (Wildman–Crippen LogP) is 6.58. The first kappa shape index (κ1) is 23.7. The second-order valence-corrected chi connectivity index (χ2v) is 11.7. The highest BCUT2D eigenvalue weighted by molar-refractivity contribution is 8.00. The Kier molecular flexibility index (Phi) is 6.99. The summed E-state index contributed by atoms with van der Waals surface area (Å²) in [5.74, 6) is -0.107. The number of aromatic nitrogens is 1. The number of nitrogens with zero attached hydrogens (tertiary/aromatic N) is 2. The van der Waals surface area contributed by atoms with Crippen molar-refractivity contribution in [1.29, 1.82) is 0 Å². The van der Waals surface area contributed by atoms with Gasteiger partial charge in [-0.2, -0.15) is 0 Å². The van der Waals surface area contributed by atoms with E-state index in [0.717, 1.165) is 21.2 Å². The molecule has 2 heterocycles. The van der Waals surface area contributed by atoms with Crippen LogP contribution in [0.15, 0.2) is 88.0 Å². The number of carbonyl (C=O) groups is 2. The highest BCUT2D eigenvalue weighted by Gasteiger charge is 2.36. The van der Waals surface area contributed by atoms with Crippen LogP contribution in [-0.4, -0.2) is 33.5 Å². The van der Waals surface area contributed by atoms with Gasteiger partial charge >= 0.3 is 6.03 Å². The number of carbonyl (C=O) groups excluding carboxylic acids is 2. The summed E-state index contributed by atoms with van der Waals surface area (Å²) in [6, 6.07) is 15.4. The SMILES string of the molecule is Cc1csc(NC(=O)C(C)Sc2cccc(NC(=O)N3c4ccccc4SC4C=CC=CC43)c2)n1. The minimum Gasteiger partial charge on any atom is -0.307 e. The molecular weight excluding hydrogens is 497 g/mol. The van der Waals surface area contributed by atoms with Crippen molar-refractivity contribution in [3.05, 3.63) is 83.9 Å². The summed E-state index contributed by atoms with van der Waals surface area (Å²) >= 11 is 4.63. The maximum absolute atomic E-state index is 13.5. The van der Waals surface area contributed by atoms with E-state index in [4.69, 9.17) is 0 Å². The lowest BCUT2D eigenvalue weighted by atomic mass is 10.1. The molecule has 5 rings (SSSR count). The van der Waals surface area contributed by atoms with Gasteiger partial charge in [0.05, 0.1) is 27.9 Å². The van der Waals surface area contributed by atoms with E-state index < -0.39 is 0 Å². The Morgan fingerprint density at radius 1 is 1.09 bits per heavy atom. The Morgan fingerprint density at radius 3 is 2.74 bits per heavy atom. The molecule has 0 saturated carbocycles. The number of anilines is 3. The first-order chi connectivity index (χ1) is 17.0. The second kappa shape index (κ2) is 10.3. The van der Waals surface area contributed by atoms with E-state index in [-0.39, 0.29) is 28.5 Å². The number of benzene rings is 2. The van der Waals surface area contributed by atoms with Crippen LogP contribution in [0.2, 0.25) is 0 Å². The average Bonchev–Trinajstić information content (AvgIpc) is 3.26. The molecule has 6 nitrogen and oxygen atoms in total. The van der Waals surface area contributed by atoms with E-state index in [1.165, 1.54) is 23.1 Å². The molecule has 1 aliphatic heterocycles. The van der Waals surface area contributed by atoms with E-state index in [0.29, 0.717) is 10.8 Å². The number of rotatable bonds is 5. The molecule has 178 valence electrons. The van der Waals surface area contributed by atoms with Gasteiger partial charge in [-0.25, -0.2) is 9.78 Å². The molecule has 0 spiro atoms. The Labute approximate surface area is 216 Å². The predicted molar refractivity (Wildman–Crippen MR) is 147 cm³/mol. The van der Waals surface area contributed by atoms with Gasteiger partial charge < -0.3 is 10.6 Å². The largest absolute Gasteiger partial charge is 0.326 e. The van der Waals surface area contributed by atoms with E-state index >= 15 is 0 Å². The third kappa shape index (κ3) is 5.32. The lowest BCUT2D eigenvalue weighted by Gasteiger charge is -2.40. The highest BCUT2D eigenvalue weighted by Crippen LogP contribution is 2.43. The van der Waals surface area contributed by atoms with Gasteiger partial charge in [-0.1, -0.05) is 42.5 Å². The fourth-order valence-corrected chi connectivity index (χ4v) is 6.81. The van der Waals surface area contributed by atoms with Crippen LogP contribution < -0.4 is 15.5 Å². The van der Waals surface area contributed by atoms with Gasteiger partial charge in [0.2, 0.25) is 5.91 Å². The van der Waals surface area contributed by atoms with Crippen LogP contribution in [0, 0.1) is 6.92 Å². The van der Waals surface area contributed by atoms with Crippen molar-refractivity contribution in [2.24, 2.45) is 0 Å². The first-order valence-corrected chi connectivity index (χ1v) is 13.8. The maximum atomic E-state index is 13.5. The summed E-state index contributed by atoms with van der Waals surface area (Å²) in [4.78, 5) is 34.2. The third-order valence-corrected chi connectivity index (χ3v) is 8.85. The van der Waals surface area contributed by atoms with Crippen LogP contribution in [0.25, 0.3) is 0 Å². The minimum absolute atomic E-state index is 0.0596. The Bertz CT molecular complexity index is 1320. The highest BCUT2D eigenvalue weighted by atomic mass is 32.2. The molecule has 3 atom stereocenters. The van der Waals surface area contributed by atoms with Gasteiger partial charge in [-0.05, 0) is 44.2 Å². The number of amides is 3. The van der Waals surface area contributed by atoms with Gasteiger partial charge in [0.15, 0.2) is 5.13 Å². The molecule has 0 saturated heterocycles. The van der Waals surface area contributed by atoms with Crippen molar-refractivity contribution < 1.29 is 9.59 Å². The van der Waals surface area contributed by atoms with Crippen molar-refractivity contribution in [3.63, 3.8) is 0 Å². The molecule has 2 aromatic carbocycles. The maximum Gasteiger partial charge on any atom is 0.326 e. The first-order valence-electron chi connectivity index (χ1n) is 11.2. The fourth-order valence-electron chi connectivity index (χ4n) is 3.93. The van der Waals surface area contributed by atoms with Crippen molar-refractivity contribution >= 4 is 63.3 Å². The van der Waals surface area contributed by atoms with Gasteiger partial charge in [-0.3, -0.25) is 9.69 Å². The number of thiazole rings is 1. The summed E-state index contributed by atoms with van der Waals surface area (Å²) in [6.45, 7) is 3.75. The molecule has 9 heteroatoms. The molecule has 3 aromatic rings. The molecule has 0 radical (unpaired) electrons. The van der Waals surface area contributed by atoms with Crippen molar-refractivity contribution in [1.82, 2.24) is 4.98 Å². The van der Waals surface area contributed by atoms with Crippen molar-refractivity contribution in [2.45, 2.75) is 40.2 Å². The molecule has 3 unspecified atom stereocenters. The lowest BCUT2D eigenvalue weighted by Crippen LogP contribution is -2.49. The summed E-state index contributed by atoms with van der Waals surface area (Å²) in [6.07, 6.45) is 8.24. The quantitative estimate of drug-likeness (QED) is 0.372. The van der Waals surface area contributed by atoms with Gasteiger partial charge in [0.1, 0.15) is 0 Å². The number of urea groups is 1. The summed E-state index contributed by atoms with van der Waals surface area (Å²) < 4.78 is 0. The second-order valence-electron chi connectivity index (χ2n) is 8.18. The standard InChI is InChI=1S/C26H24N4O2S3/c1-16-15-33-25(27-16)29-24(31)17(2)34-19-9-7-8-18(14-19)28-26(32)30-20-10-3-5-12-22(20)35-23-13-6-4-11-21(23)30/h3-15,17,20,22H,1-2H3,(H,28,32)(H,27,29,31). The number of para-hydroxylation sites is 1. The number of hydrogen-bond acceptors (Lipinski definition) is 6. The average molecular weight is 521 g/mol. The number of aryl methyl sites for hydroxylation is 1. The van der Waals surface area contributed by atoms with Crippen LogP contribution in [0.4, 0.5) is 21.3 Å². The number of nitrogens with one attached hydrogen (secondary N) is 2. The van der Waals surface area contributed by atoms with Crippen LogP contribution in [-0.2, 0) is 4.79 Å². The number of fused-ring (bicyclic) bond motifs is 2. The zero-order valence-electron chi connectivity index (χ0n) is 19.2. The van der Waals surface area contributed by atoms with E-state index in [1.54, 1.807) is 11.8 Å². The van der Waals surface area contributed by atoms with E-state index in [2.05, 4.69) is 33.8 Å². The van der Waals surface area contributed by atoms with E-state index in [9.17, 15) is 9.59 Å². The van der Waals surface area contributed by atoms with Crippen LogP contribution in [0.5, 0.6) is 0 Å². The zero-order valence-corrected chi connectivity index (χ0v) is 21.6. The van der Waals surface area contributed by atoms with Crippen molar-refractivity contribution in [3.8, 4) is 0 Å². The lowest BCUT2D eigenvalue weighted by molar-refractivity contribution is -0.115. The topological polar surface area (TPSA) is 74.3 Å². The molecule has 0 bridgehead atoms. The van der Waals surface area contributed by atoms with Crippen LogP contribution >= 0.6 is 34.9 Å². The Hall–Kier alpha value is -3.01.